The van der Waals surface area contributed by atoms with Gasteiger partial charge in [-0.05, 0) is 167 Å². The lowest BCUT2D eigenvalue weighted by atomic mass is 9.80. The molecule has 0 aromatic heterocycles. The van der Waals surface area contributed by atoms with Gasteiger partial charge in [0.05, 0.1) is 26.1 Å². The van der Waals surface area contributed by atoms with Crippen LogP contribution in [0.3, 0.4) is 0 Å². The number of ether oxygens (including phenoxy) is 2. The van der Waals surface area contributed by atoms with Crippen molar-refractivity contribution in [1.82, 2.24) is 5.32 Å². The zero-order chi connectivity index (χ0) is 48.5. The van der Waals surface area contributed by atoms with E-state index in [0.29, 0.717) is 48.7 Å². The van der Waals surface area contributed by atoms with E-state index < -0.39 is 11.4 Å². The number of hydrogen-bond donors (Lipinski definition) is 3. The summed E-state index contributed by atoms with van der Waals surface area (Å²) < 4.78 is 9.88. The number of amides is 1. The number of Topliss-reactive ketones (excluding diaryl/α,β-unsaturated/α-hetero) is 1. The molecule has 11 aliphatic rings. The van der Waals surface area contributed by atoms with Gasteiger partial charge in [-0.15, -0.1) is 12.4 Å². The second kappa shape index (κ2) is 25.1. The van der Waals surface area contributed by atoms with E-state index in [0.717, 1.165) is 112 Å². The number of rotatable bonds is 10. The minimum Gasteiger partial charge on any atom is -0.481 e. The number of fused-ring (bicyclic) bond motifs is 5. The fourth-order valence-electron chi connectivity index (χ4n) is 16.6. The van der Waals surface area contributed by atoms with Crippen molar-refractivity contribution in [3.63, 3.8) is 0 Å². The van der Waals surface area contributed by atoms with E-state index in [2.05, 4.69) is 5.32 Å². The number of ketones is 1. The molecule has 13 atom stereocenters. The molecule has 0 radical (unpaired) electrons. The summed E-state index contributed by atoms with van der Waals surface area (Å²) in [6, 6.07) is 0. The number of hydrogen-bond acceptors (Lipinski definition) is 10. The molecule has 1 aliphatic heterocycles. The minimum absolute atomic E-state index is 0. The van der Waals surface area contributed by atoms with Gasteiger partial charge in [-0.25, -0.2) is 4.79 Å². The molecule has 69 heavy (non-hydrogen) atoms. The first-order chi connectivity index (χ1) is 32.6. The van der Waals surface area contributed by atoms with Gasteiger partial charge in [0.1, 0.15) is 5.78 Å². The number of aliphatic carboxylic acids is 1. The van der Waals surface area contributed by atoms with Gasteiger partial charge in [-0.3, -0.25) is 29.3 Å². The van der Waals surface area contributed by atoms with Gasteiger partial charge < -0.3 is 25.6 Å². The van der Waals surface area contributed by atoms with Gasteiger partial charge in [0.15, 0.2) is 0 Å². The molecule has 11 rings (SSSR count). The van der Waals surface area contributed by atoms with Crippen LogP contribution in [0.4, 0.5) is 0 Å². The van der Waals surface area contributed by atoms with Crippen molar-refractivity contribution in [2.24, 2.45) is 81.2 Å². The Morgan fingerprint density at radius 2 is 1.09 bits per heavy atom. The van der Waals surface area contributed by atoms with E-state index in [1.807, 2.05) is 6.92 Å². The van der Waals surface area contributed by atoms with Crippen LogP contribution in [0.25, 0.3) is 0 Å². The maximum atomic E-state index is 11.7. The van der Waals surface area contributed by atoms with Crippen molar-refractivity contribution in [2.45, 2.75) is 194 Å². The number of nitro groups is 1. The molecule has 10 aliphatic carbocycles. The first-order valence-corrected chi connectivity index (χ1v) is 27.5. The Kier molecular flexibility index (Phi) is 20.1. The normalized spacial score (nSPS) is 38.6. The van der Waals surface area contributed by atoms with Gasteiger partial charge in [0, 0.05) is 42.2 Å². The van der Waals surface area contributed by atoms with Crippen LogP contribution in [0.15, 0.2) is 11.6 Å². The van der Waals surface area contributed by atoms with Crippen LogP contribution in [0.2, 0.25) is 0 Å². The highest BCUT2D eigenvalue weighted by atomic mass is 35.5. The van der Waals surface area contributed by atoms with Gasteiger partial charge >= 0.3 is 17.9 Å². The second-order valence-corrected chi connectivity index (χ2v) is 24.1. The SMILES string of the molecule is CCOC(=O)C=C1C[C@H]2CCC[C@H]2C1.CCOC(=O)CC1(C[N+](=O)[O-])C[C@H]2CCC[C@H]2C1.Cl.NCC1(CC(=O)O)C[C@H]2CCC[C@H]2C1.O=C1CC2(CN1)C[C@H]1CCC[C@H]1C2.O=C1C[C@H]2CCC[C@H]2C1. The molecule has 11 fully saturated rings. The van der Waals surface area contributed by atoms with Crippen molar-refractivity contribution in [3.05, 3.63) is 21.8 Å². The molecule has 10 saturated carbocycles. The molecule has 1 saturated heterocycles. The summed E-state index contributed by atoms with van der Waals surface area (Å²) in [5.74, 6) is 7.72. The van der Waals surface area contributed by atoms with Crippen molar-refractivity contribution in [1.29, 1.82) is 0 Å². The summed E-state index contributed by atoms with van der Waals surface area (Å²) in [5, 5.41) is 22.8. The molecule has 14 heteroatoms. The van der Waals surface area contributed by atoms with Gasteiger partial charge in [-0.2, -0.15) is 0 Å². The smallest absolute Gasteiger partial charge is 0.330 e. The summed E-state index contributed by atoms with van der Waals surface area (Å²) in [4.78, 5) is 66.3. The molecule has 4 N–H and O–H groups in total. The zero-order valence-electron chi connectivity index (χ0n) is 42.2. The summed E-state index contributed by atoms with van der Waals surface area (Å²) in [6.45, 7) is 5.88. The summed E-state index contributed by atoms with van der Waals surface area (Å²) >= 11 is 0. The number of nitrogens with two attached hydrogens (primary N) is 1. The lowest BCUT2D eigenvalue weighted by Gasteiger charge is -2.26. The number of nitrogens with zero attached hydrogens (tertiary/aromatic N) is 1. The van der Waals surface area contributed by atoms with E-state index >= 15 is 0 Å². The summed E-state index contributed by atoms with van der Waals surface area (Å²) in [6.07, 6.45) is 33.5. The third-order valence-corrected chi connectivity index (χ3v) is 19.3. The first-order valence-electron chi connectivity index (χ1n) is 27.5. The van der Waals surface area contributed by atoms with E-state index in [1.54, 1.807) is 13.0 Å². The molecule has 390 valence electrons. The van der Waals surface area contributed by atoms with Crippen LogP contribution in [-0.4, -0.2) is 72.5 Å². The Labute approximate surface area is 418 Å². The highest BCUT2D eigenvalue weighted by Gasteiger charge is 2.52. The van der Waals surface area contributed by atoms with Crippen LogP contribution in [0.1, 0.15) is 194 Å². The average molecular weight is 987 g/mol. The highest BCUT2D eigenvalue weighted by Crippen LogP contribution is 2.57. The number of carboxylic acids is 1. The topological polar surface area (TPSA) is 205 Å². The fraction of sp³-hybridized carbons (Fsp3) is 0.873. The molecular formula is C55H88ClN3O10. The maximum Gasteiger partial charge on any atom is 0.330 e. The van der Waals surface area contributed by atoms with E-state index in [4.69, 9.17) is 20.3 Å². The van der Waals surface area contributed by atoms with Crippen LogP contribution in [0, 0.1) is 85.5 Å². The number of halogens is 1. The van der Waals surface area contributed by atoms with Crippen LogP contribution in [0.5, 0.6) is 0 Å². The molecule has 1 amide bonds. The molecule has 1 heterocycles. The Bertz CT molecular complexity index is 1760. The summed E-state index contributed by atoms with van der Waals surface area (Å²) in [5.41, 5.74) is 6.96. The third-order valence-electron chi connectivity index (χ3n) is 19.3. The van der Waals surface area contributed by atoms with E-state index in [9.17, 15) is 34.1 Å². The van der Waals surface area contributed by atoms with Gasteiger partial charge in [0.2, 0.25) is 12.5 Å². The largest absolute Gasteiger partial charge is 0.481 e. The quantitative estimate of drug-likeness (QED) is 0.0813. The van der Waals surface area contributed by atoms with E-state index in [1.165, 1.54) is 115 Å². The molecule has 0 bridgehead atoms. The molecule has 0 aromatic carbocycles. The van der Waals surface area contributed by atoms with Crippen molar-refractivity contribution in [3.8, 4) is 0 Å². The summed E-state index contributed by atoms with van der Waals surface area (Å²) in [7, 11) is 0. The lowest BCUT2D eigenvalue weighted by molar-refractivity contribution is -0.497. The standard InChI is InChI=1S/C13H21NO4.C12H18O2.C11H19NO2.C11H17NO.C8H12O.ClH/c1-2-18-12(15)8-13(9-14(16)17)6-10-4-3-5-11(10)7-13;1-2-14-12(13)8-9-6-10-4-3-5-11(10)7-9;12-7-11(6-10(13)14)4-8-2-1-3-9(8)5-11;13-10-6-11(7-12-10)4-8-2-1-3-9(8)5-11;9-8-4-6-2-1-3-7(6)5-8;/h10-11H,2-9H2,1H3;8,10-11H,2-7H2,1H3;8-9H,1-7,12H2,(H,13,14);8-9H,1-7H2,(H,12,13);6-7H,1-5H2;1H/t10-,11+,13?;10-,11+;2*8-,9+,11?;6-,7+;. The lowest BCUT2D eigenvalue weighted by Crippen LogP contribution is -2.31. The van der Waals surface area contributed by atoms with Crippen LogP contribution < -0.4 is 11.1 Å². The zero-order valence-corrected chi connectivity index (χ0v) is 43.1. The Balaban J connectivity index is 0.000000143. The van der Waals surface area contributed by atoms with Crippen LogP contribution in [-0.2, 0) is 33.4 Å². The number of nitrogens with one attached hydrogen (secondary N) is 1. The molecule has 3 unspecified atom stereocenters. The fourth-order valence-corrected chi connectivity index (χ4v) is 16.6. The average Bonchev–Trinajstić information content (AvgIpc) is 4.08. The Morgan fingerprint density at radius 3 is 1.48 bits per heavy atom. The molecule has 1 spiro atoms. The number of carboxylic acid groups (broad SMARTS) is 1. The van der Waals surface area contributed by atoms with Gasteiger partial charge in [-0.1, -0.05) is 76.2 Å². The number of carbonyl (C=O) groups is 5. The molecule has 0 aromatic rings. The predicted octanol–water partition coefficient (Wildman–Crippen LogP) is 10.6. The molecule has 13 nitrogen and oxygen atoms in total. The predicted molar refractivity (Wildman–Crippen MR) is 267 cm³/mol. The van der Waals surface area contributed by atoms with Crippen molar-refractivity contribution in [2.75, 3.05) is 32.8 Å². The third kappa shape index (κ3) is 14.8. The minimum atomic E-state index is -0.685. The second-order valence-electron chi connectivity index (χ2n) is 24.1. The van der Waals surface area contributed by atoms with Crippen LogP contribution >= 0.6 is 12.4 Å². The Hall–Kier alpha value is -3.06. The number of esters is 2. The first kappa shape index (κ1) is 55.3. The number of allylic oxidation sites excluding steroid dienone is 1. The maximum absolute atomic E-state index is 11.7. The van der Waals surface area contributed by atoms with E-state index in [-0.39, 0.29) is 54.1 Å². The van der Waals surface area contributed by atoms with Crippen molar-refractivity contribution < 1.29 is 43.5 Å². The monoisotopic (exact) mass is 986 g/mol. The van der Waals surface area contributed by atoms with Gasteiger partial charge in [0.25, 0.3) is 0 Å². The Morgan fingerprint density at radius 1 is 0.667 bits per heavy atom. The van der Waals surface area contributed by atoms with Crippen molar-refractivity contribution >= 4 is 42.0 Å². The highest BCUT2D eigenvalue weighted by molar-refractivity contribution is 5.85. The molecular weight excluding hydrogens is 898 g/mol. The number of carbonyl (C=O) groups excluding carboxylic acids is 4.